The van der Waals surface area contributed by atoms with Crippen LogP contribution in [0.2, 0.25) is 0 Å². The molecule has 21 heavy (non-hydrogen) atoms. The van der Waals surface area contributed by atoms with Gasteiger partial charge in [0.25, 0.3) is 0 Å². The molecule has 3 rings (SSSR count). The maximum atomic E-state index is 6.07. The van der Waals surface area contributed by atoms with Gasteiger partial charge in [-0.05, 0) is 41.1 Å². The molecule has 0 bridgehead atoms. The minimum absolute atomic E-state index is 0.489. The third-order valence-corrected chi connectivity index (χ3v) is 4.27. The fourth-order valence-corrected chi connectivity index (χ4v) is 2.62. The highest BCUT2D eigenvalue weighted by molar-refractivity contribution is 14.1. The minimum Gasteiger partial charge on any atom is -0.383 e. The minimum atomic E-state index is 0.489. The fourth-order valence-electron chi connectivity index (χ4n) is 2.07. The largest absolute Gasteiger partial charge is 0.383 e. The second-order valence-electron chi connectivity index (χ2n) is 4.65. The first-order valence-electron chi connectivity index (χ1n) is 6.46. The van der Waals surface area contributed by atoms with Crippen molar-refractivity contribution in [2.45, 2.75) is 6.92 Å². The van der Waals surface area contributed by atoms with Gasteiger partial charge in [-0.1, -0.05) is 30.3 Å². The Kier molecular flexibility index (Phi) is 3.83. The summed E-state index contributed by atoms with van der Waals surface area (Å²) in [4.78, 5) is 13.3. The first kappa shape index (κ1) is 13.9. The van der Waals surface area contributed by atoms with E-state index in [1.165, 1.54) is 0 Å². The average Bonchev–Trinajstić information content (AvgIpc) is 2.51. The summed E-state index contributed by atoms with van der Waals surface area (Å²) in [7, 11) is 0. The van der Waals surface area contributed by atoms with Crippen molar-refractivity contribution in [3.63, 3.8) is 0 Å². The van der Waals surface area contributed by atoms with Crippen molar-refractivity contribution in [2.75, 3.05) is 5.73 Å². The molecular formula is C16H13IN4. The van der Waals surface area contributed by atoms with Gasteiger partial charge in [0.2, 0.25) is 0 Å². The third kappa shape index (κ3) is 2.73. The van der Waals surface area contributed by atoms with E-state index in [0.29, 0.717) is 11.6 Å². The zero-order valence-corrected chi connectivity index (χ0v) is 13.6. The molecule has 1 aromatic carbocycles. The summed E-state index contributed by atoms with van der Waals surface area (Å²) in [5, 5.41) is 0. The maximum absolute atomic E-state index is 6.07. The van der Waals surface area contributed by atoms with Crippen LogP contribution in [0.4, 0.5) is 5.82 Å². The second-order valence-corrected chi connectivity index (χ2v) is 5.73. The Morgan fingerprint density at radius 1 is 1.05 bits per heavy atom. The van der Waals surface area contributed by atoms with Crippen LogP contribution in [0.15, 0.2) is 48.8 Å². The van der Waals surface area contributed by atoms with Gasteiger partial charge in [-0.25, -0.2) is 9.97 Å². The highest BCUT2D eigenvalue weighted by Gasteiger charge is 2.14. The van der Waals surface area contributed by atoms with E-state index in [0.717, 1.165) is 26.0 Å². The molecule has 4 nitrogen and oxygen atoms in total. The Labute approximate surface area is 136 Å². The summed E-state index contributed by atoms with van der Waals surface area (Å²) in [6, 6.07) is 11.9. The van der Waals surface area contributed by atoms with E-state index in [-0.39, 0.29) is 0 Å². The summed E-state index contributed by atoms with van der Waals surface area (Å²) in [6.07, 6.45) is 3.53. The molecule has 2 N–H and O–H groups in total. The van der Waals surface area contributed by atoms with Crippen LogP contribution in [0.25, 0.3) is 22.6 Å². The van der Waals surface area contributed by atoms with E-state index in [1.807, 2.05) is 43.3 Å². The number of hydrogen-bond acceptors (Lipinski definition) is 4. The SMILES string of the molecule is Cc1ccncc1-c1nc(N)c(I)c(-c2ccccc2)n1. The van der Waals surface area contributed by atoms with E-state index >= 15 is 0 Å². The number of nitrogens with zero attached hydrogens (tertiary/aromatic N) is 3. The zero-order chi connectivity index (χ0) is 14.8. The normalized spacial score (nSPS) is 10.6. The lowest BCUT2D eigenvalue weighted by molar-refractivity contribution is 1.15. The standard InChI is InChI=1S/C16H13IN4/c1-10-7-8-19-9-12(10)16-20-14(13(17)15(18)21-16)11-5-3-2-4-6-11/h2-9H,1H3,(H2,18,20,21). The topological polar surface area (TPSA) is 64.7 Å². The lowest BCUT2D eigenvalue weighted by atomic mass is 10.1. The first-order chi connectivity index (χ1) is 10.2. The Hall–Kier alpha value is -2.02. The van der Waals surface area contributed by atoms with Gasteiger partial charge >= 0.3 is 0 Å². The van der Waals surface area contributed by atoms with Gasteiger partial charge in [-0.3, -0.25) is 4.98 Å². The smallest absolute Gasteiger partial charge is 0.164 e. The highest BCUT2D eigenvalue weighted by Crippen LogP contribution is 2.29. The zero-order valence-electron chi connectivity index (χ0n) is 11.4. The van der Waals surface area contributed by atoms with Crippen molar-refractivity contribution in [3.8, 4) is 22.6 Å². The summed E-state index contributed by atoms with van der Waals surface area (Å²) >= 11 is 2.19. The molecular weight excluding hydrogens is 375 g/mol. The highest BCUT2D eigenvalue weighted by atomic mass is 127. The van der Waals surface area contributed by atoms with Gasteiger partial charge in [0.15, 0.2) is 5.82 Å². The molecule has 2 heterocycles. The van der Waals surface area contributed by atoms with Crippen LogP contribution in [0, 0.1) is 10.5 Å². The molecule has 0 aliphatic heterocycles. The number of aryl methyl sites for hydroxylation is 1. The number of anilines is 1. The lowest BCUT2D eigenvalue weighted by Crippen LogP contribution is -2.03. The van der Waals surface area contributed by atoms with Crippen LogP contribution >= 0.6 is 22.6 Å². The second kappa shape index (κ2) is 5.77. The van der Waals surface area contributed by atoms with Crippen molar-refractivity contribution >= 4 is 28.4 Å². The summed E-state index contributed by atoms with van der Waals surface area (Å²) in [5.41, 5.74) is 9.92. The van der Waals surface area contributed by atoms with Gasteiger partial charge in [0.05, 0.1) is 9.26 Å². The summed E-state index contributed by atoms with van der Waals surface area (Å²) in [6.45, 7) is 2.01. The monoisotopic (exact) mass is 388 g/mol. The predicted molar refractivity (Wildman–Crippen MR) is 92.6 cm³/mol. The average molecular weight is 388 g/mol. The molecule has 0 atom stereocenters. The Balaban J connectivity index is 2.22. The molecule has 3 aromatic rings. The van der Waals surface area contributed by atoms with Crippen LogP contribution in [-0.4, -0.2) is 15.0 Å². The Bertz CT molecular complexity index is 788. The molecule has 5 heteroatoms. The molecule has 0 fully saturated rings. The van der Waals surface area contributed by atoms with E-state index in [4.69, 9.17) is 10.7 Å². The van der Waals surface area contributed by atoms with Gasteiger partial charge in [0.1, 0.15) is 5.82 Å². The molecule has 104 valence electrons. The van der Waals surface area contributed by atoms with Crippen molar-refractivity contribution in [3.05, 3.63) is 57.9 Å². The van der Waals surface area contributed by atoms with Crippen LogP contribution in [0.5, 0.6) is 0 Å². The molecule has 0 aliphatic rings. The van der Waals surface area contributed by atoms with E-state index < -0.39 is 0 Å². The Morgan fingerprint density at radius 3 is 2.52 bits per heavy atom. The van der Waals surface area contributed by atoms with E-state index in [1.54, 1.807) is 12.4 Å². The van der Waals surface area contributed by atoms with Crippen molar-refractivity contribution in [1.29, 1.82) is 0 Å². The van der Waals surface area contributed by atoms with Crippen LogP contribution in [-0.2, 0) is 0 Å². The molecule has 0 spiro atoms. The lowest BCUT2D eigenvalue weighted by Gasteiger charge is -2.10. The van der Waals surface area contributed by atoms with Gasteiger partial charge < -0.3 is 5.73 Å². The quantitative estimate of drug-likeness (QED) is 0.680. The number of pyridine rings is 1. The number of rotatable bonds is 2. The molecule has 0 saturated heterocycles. The van der Waals surface area contributed by atoms with Gasteiger partial charge in [-0.2, -0.15) is 0 Å². The molecule has 0 saturated carbocycles. The van der Waals surface area contributed by atoms with Gasteiger partial charge in [-0.15, -0.1) is 0 Å². The number of hydrogen-bond donors (Lipinski definition) is 1. The number of benzene rings is 1. The van der Waals surface area contributed by atoms with Crippen LogP contribution in [0.3, 0.4) is 0 Å². The molecule has 0 amide bonds. The summed E-state index contributed by atoms with van der Waals surface area (Å²) in [5.74, 6) is 1.10. The number of nitrogens with two attached hydrogens (primary N) is 1. The van der Waals surface area contributed by atoms with Crippen molar-refractivity contribution < 1.29 is 0 Å². The Morgan fingerprint density at radius 2 is 1.81 bits per heavy atom. The van der Waals surface area contributed by atoms with E-state index in [2.05, 4.69) is 32.6 Å². The van der Waals surface area contributed by atoms with Crippen LogP contribution in [0.1, 0.15) is 5.56 Å². The molecule has 0 unspecified atom stereocenters. The fraction of sp³-hybridized carbons (Fsp3) is 0.0625. The first-order valence-corrected chi connectivity index (χ1v) is 7.54. The van der Waals surface area contributed by atoms with Gasteiger partial charge in [0, 0.05) is 23.5 Å². The number of aromatic nitrogens is 3. The predicted octanol–water partition coefficient (Wildman–Crippen LogP) is 3.70. The molecule has 0 aliphatic carbocycles. The summed E-state index contributed by atoms with van der Waals surface area (Å²) < 4.78 is 0.865. The van der Waals surface area contributed by atoms with Crippen molar-refractivity contribution in [2.24, 2.45) is 0 Å². The molecule has 0 radical (unpaired) electrons. The molecule has 2 aromatic heterocycles. The van der Waals surface area contributed by atoms with Crippen LogP contribution < -0.4 is 5.73 Å². The maximum Gasteiger partial charge on any atom is 0.164 e. The van der Waals surface area contributed by atoms with Crippen molar-refractivity contribution in [1.82, 2.24) is 15.0 Å². The number of halogens is 1. The van der Waals surface area contributed by atoms with E-state index in [9.17, 15) is 0 Å². The number of nitrogen functional groups attached to an aromatic ring is 1. The third-order valence-electron chi connectivity index (χ3n) is 3.20.